The Labute approximate surface area is 373 Å². The number of aromatic nitrogens is 6. The summed E-state index contributed by atoms with van der Waals surface area (Å²) in [5.74, 6) is 6.85. The predicted octanol–water partition coefficient (Wildman–Crippen LogP) is 13.4. The van der Waals surface area contributed by atoms with E-state index in [9.17, 15) is 0 Å². The SMILES string of the molecule is c1ccc(-c2nc(-c3ccccc3)nc(-c3cccc(-c4cccc5c4-c4c(-c6nc(-c7ccccc7)nc(-c7ccccc7)n6)cccc4C54C5CC6CC(C5)CC4C6)c3)n2)cc1. The van der Waals surface area contributed by atoms with Crippen molar-refractivity contribution in [3.63, 3.8) is 0 Å². The van der Waals surface area contributed by atoms with Crippen LogP contribution in [-0.2, 0) is 5.41 Å². The molecule has 0 unspecified atom stereocenters. The zero-order chi connectivity index (χ0) is 42.2. The molecule has 4 saturated carbocycles. The Kier molecular flexibility index (Phi) is 8.61. The van der Waals surface area contributed by atoms with Crippen LogP contribution in [0.25, 0.3) is 90.6 Å². The van der Waals surface area contributed by atoms with Gasteiger partial charge >= 0.3 is 0 Å². The van der Waals surface area contributed by atoms with E-state index in [1.165, 1.54) is 59.9 Å². The Morgan fingerprint density at radius 1 is 0.297 bits per heavy atom. The fourth-order valence-corrected chi connectivity index (χ4v) is 12.4. The van der Waals surface area contributed by atoms with Crippen LogP contribution >= 0.6 is 0 Å². The molecule has 2 heterocycles. The summed E-state index contributed by atoms with van der Waals surface area (Å²) in [5, 5.41) is 0. The first-order chi connectivity index (χ1) is 31.7. The minimum Gasteiger partial charge on any atom is -0.208 e. The fourth-order valence-electron chi connectivity index (χ4n) is 12.4. The van der Waals surface area contributed by atoms with E-state index in [-0.39, 0.29) is 5.41 Å². The van der Waals surface area contributed by atoms with E-state index >= 15 is 0 Å². The molecular weight excluding hydrogens is 781 g/mol. The molecule has 64 heavy (non-hydrogen) atoms. The molecule has 0 radical (unpaired) electrons. The molecule has 14 rings (SSSR count). The van der Waals surface area contributed by atoms with Gasteiger partial charge in [0.2, 0.25) is 0 Å². The van der Waals surface area contributed by atoms with Crippen molar-refractivity contribution in [2.45, 2.75) is 37.5 Å². The Morgan fingerprint density at radius 2 is 0.641 bits per heavy atom. The van der Waals surface area contributed by atoms with Gasteiger partial charge < -0.3 is 0 Å². The van der Waals surface area contributed by atoms with Crippen LogP contribution < -0.4 is 0 Å². The smallest absolute Gasteiger partial charge is 0.164 e. The summed E-state index contributed by atoms with van der Waals surface area (Å²) in [5.41, 5.74) is 13.6. The van der Waals surface area contributed by atoms with Crippen molar-refractivity contribution in [1.29, 1.82) is 0 Å². The summed E-state index contributed by atoms with van der Waals surface area (Å²) in [6.07, 6.45) is 6.59. The van der Waals surface area contributed by atoms with Crippen molar-refractivity contribution in [3.05, 3.63) is 193 Å². The highest BCUT2D eigenvalue weighted by atomic mass is 15.0. The maximum Gasteiger partial charge on any atom is 0.164 e. The van der Waals surface area contributed by atoms with Crippen LogP contribution in [0.1, 0.15) is 43.2 Å². The molecular formula is C58H44N6. The van der Waals surface area contributed by atoms with Gasteiger partial charge in [0.05, 0.1) is 0 Å². The van der Waals surface area contributed by atoms with Crippen LogP contribution in [0, 0.1) is 23.7 Å². The van der Waals surface area contributed by atoms with E-state index in [4.69, 9.17) is 29.9 Å². The van der Waals surface area contributed by atoms with Gasteiger partial charge in [-0.3, -0.25) is 0 Å². The van der Waals surface area contributed by atoms with Crippen LogP contribution in [0.5, 0.6) is 0 Å². The molecule has 9 aromatic rings. The van der Waals surface area contributed by atoms with Crippen LogP contribution in [0.4, 0.5) is 0 Å². The first-order valence-electron chi connectivity index (χ1n) is 22.8. The fraction of sp³-hybridized carbons (Fsp3) is 0.172. The lowest BCUT2D eigenvalue weighted by atomic mass is 9.43. The molecule has 2 aromatic heterocycles. The van der Waals surface area contributed by atoms with Crippen molar-refractivity contribution < 1.29 is 0 Å². The Balaban J connectivity index is 1.03. The summed E-state index contributed by atoms with van der Waals surface area (Å²) < 4.78 is 0. The third-order valence-electron chi connectivity index (χ3n) is 14.8. The Morgan fingerprint density at radius 3 is 1.09 bits per heavy atom. The first-order valence-corrected chi connectivity index (χ1v) is 22.8. The van der Waals surface area contributed by atoms with Gasteiger partial charge in [0.25, 0.3) is 0 Å². The number of hydrogen-bond donors (Lipinski definition) is 0. The number of fused-ring (bicyclic) bond motifs is 3. The first kappa shape index (κ1) is 37.1. The molecule has 1 spiro atoms. The van der Waals surface area contributed by atoms with Crippen molar-refractivity contribution in [1.82, 2.24) is 29.9 Å². The second-order valence-electron chi connectivity index (χ2n) is 18.3. The summed E-state index contributed by atoms with van der Waals surface area (Å²) >= 11 is 0. The number of nitrogens with zero attached hydrogens (tertiary/aromatic N) is 6. The van der Waals surface area contributed by atoms with E-state index < -0.39 is 0 Å². The Hall–Kier alpha value is -7.44. The number of hydrogen-bond acceptors (Lipinski definition) is 6. The van der Waals surface area contributed by atoms with Crippen LogP contribution in [0.15, 0.2) is 182 Å². The van der Waals surface area contributed by atoms with Crippen molar-refractivity contribution >= 4 is 0 Å². The largest absolute Gasteiger partial charge is 0.208 e. The van der Waals surface area contributed by atoms with Gasteiger partial charge in [-0.05, 0) is 95.2 Å². The number of rotatable bonds is 7. The molecule has 6 heteroatoms. The van der Waals surface area contributed by atoms with Crippen molar-refractivity contribution in [3.8, 4) is 90.6 Å². The standard InChI is InChI=1S/C58H44N6/c1-5-16-38(17-6-1)52-59-53(39-18-7-2-8-19-39)62-56(61-52)43-25-13-24-42(35-43)46-26-14-28-48-50(46)51-47(27-15-29-49(51)58(48)44-31-36-30-37(33-44)34-45(58)32-36)57-63-54(40-20-9-3-10-21-40)60-55(64-57)41-22-11-4-12-23-41/h1-29,35-37,44-45H,30-34H2. The number of benzene rings is 7. The lowest BCUT2D eigenvalue weighted by Gasteiger charge is -2.61. The van der Waals surface area contributed by atoms with Crippen molar-refractivity contribution in [2.24, 2.45) is 23.7 Å². The second kappa shape index (κ2) is 14.8. The van der Waals surface area contributed by atoms with Gasteiger partial charge in [-0.25, -0.2) is 29.9 Å². The van der Waals surface area contributed by atoms with Gasteiger partial charge in [0.15, 0.2) is 34.9 Å². The molecule has 5 aliphatic rings. The van der Waals surface area contributed by atoms with Gasteiger partial charge in [-0.1, -0.05) is 176 Å². The molecule has 0 atom stereocenters. The summed E-state index contributed by atoms with van der Waals surface area (Å²) in [6, 6.07) is 64.0. The van der Waals surface area contributed by atoms with E-state index in [1.54, 1.807) is 0 Å². The lowest BCUT2D eigenvalue weighted by Crippen LogP contribution is -2.55. The van der Waals surface area contributed by atoms with E-state index in [2.05, 4.69) is 133 Å². The molecule has 306 valence electrons. The summed E-state index contributed by atoms with van der Waals surface area (Å²) in [7, 11) is 0. The average Bonchev–Trinajstić information content (AvgIpc) is 3.67. The van der Waals surface area contributed by atoms with E-state index in [0.29, 0.717) is 46.8 Å². The average molecular weight is 825 g/mol. The molecule has 0 amide bonds. The molecule has 7 aromatic carbocycles. The molecule has 0 N–H and O–H groups in total. The van der Waals surface area contributed by atoms with Crippen LogP contribution in [0.3, 0.4) is 0 Å². The second-order valence-corrected chi connectivity index (χ2v) is 18.3. The van der Waals surface area contributed by atoms with Gasteiger partial charge in [-0.15, -0.1) is 0 Å². The normalized spacial score (nSPS) is 21.2. The quantitative estimate of drug-likeness (QED) is 0.159. The van der Waals surface area contributed by atoms with Crippen LogP contribution in [-0.4, -0.2) is 29.9 Å². The van der Waals surface area contributed by atoms with E-state index in [1.807, 2.05) is 48.5 Å². The third-order valence-corrected chi connectivity index (χ3v) is 14.8. The molecule has 5 aliphatic carbocycles. The minimum absolute atomic E-state index is 0.0668. The maximum atomic E-state index is 5.35. The molecule has 4 fully saturated rings. The monoisotopic (exact) mass is 824 g/mol. The Bertz CT molecular complexity index is 3080. The van der Waals surface area contributed by atoms with E-state index in [0.717, 1.165) is 50.8 Å². The molecule has 4 bridgehead atoms. The maximum absolute atomic E-state index is 5.35. The van der Waals surface area contributed by atoms with Gasteiger partial charge in [-0.2, -0.15) is 0 Å². The predicted molar refractivity (Wildman–Crippen MR) is 255 cm³/mol. The summed E-state index contributed by atoms with van der Waals surface area (Å²) in [6.45, 7) is 0. The highest BCUT2D eigenvalue weighted by molar-refractivity contribution is 5.99. The topological polar surface area (TPSA) is 77.3 Å². The van der Waals surface area contributed by atoms with Crippen molar-refractivity contribution in [2.75, 3.05) is 0 Å². The molecule has 0 aliphatic heterocycles. The zero-order valence-electron chi connectivity index (χ0n) is 35.3. The molecule has 6 nitrogen and oxygen atoms in total. The van der Waals surface area contributed by atoms with Gasteiger partial charge in [0.1, 0.15) is 0 Å². The minimum atomic E-state index is -0.0668. The molecule has 0 saturated heterocycles. The highest BCUT2D eigenvalue weighted by Crippen LogP contribution is 2.70. The zero-order valence-corrected chi connectivity index (χ0v) is 35.3. The van der Waals surface area contributed by atoms with Gasteiger partial charge in [0, 0.05) is 38.8 Å². The highest BCUT2D eigenvalue weighted by Gasteiger charge is 2.62. The third kappa shape index (κ3) is 5.92. The summed E-state index contributed by atoms with van der Waals surface area (Å²) in [4.78, 5) is 31.1. The lowest BCUT2D eigenvalue weighted by molar-refractivity contribution is -0.0399. The van der Waals surface area contributed by atoms with Crippen LogP contribution in [0.2, 0.25) is 0 Å².